The topological polar surface area (TPSA) is 63.2 Å². The molecule has 0 aliphatic heterocycles. The summed E-state index contributed by atoms with van der Waals surface area (Å²) in [5.74, 6) is 0.605. The number of azo groups is 1. The summed E-state index contributed by atoms with van der Waals surface area (Å²) in [6.07, 6.45) is 0. The molecule has 2 aromatic rings. The fourth-order valence-corrected chi connectivity index (χ4v) is 2.20. The molecule has 2 rings (SSSR count). The zero-order chi connectivity index (χ0) is 15.9. The number of anilines is 2. The largest absolute Gasteiger partial charge is 0.495 e. The number of rotatable bonds is 6. The minimum atomic E-state index is 0.588. The number of hydrogen-bond donors (Lipinski definition) is 1. The van der Waals surface area contributed by atoms with Gasteiger partial charge in [-0.3, -0.25) is 0 Å². The standard InChI is InChI=1S/C17H22N4O/c1-4-21(5-2)15-9-6-13(7-10-15)19-20-14-8-11-16(18)17(12-14)22-3/h6-12H,4-5,18H2,1-3H3. The van der Waals surface area contributed by atoms with Gasteiger partial charge in [-0.15, -0.1) is 0 Å². The van der Waals surface area contributed by atoms with Gasteiger partial charge in [-0.2, -0.15) is 10.2 Å². The molecular weight excluding hydrogens is 276 g/mol. The molecule has 0 heterocycles. The van der Waals surface area contributed by atoms with Crippen LogP contribution in [0.25, 0.3) is 0 Å². The summed E-state index contributed by atoms with van der Waals surface area (Å²) in [4.78, 5) is 2.28. The summed E-state index contributed by atoms with van der Waals surface area (Å²) in [5.41, 5.74) is 9.08. The van der Waals surface area contributed by atoms with Crippen molar-refractivity contribution in [3.63, 3.8) is 0 Å². The van der Waals surface area contributed by atoms with Crippen molar-refractivity contribution in [1.82, 2.24) is 0 Å². The molecule has 0 spiro atoms. The van der Waals surface area contributed by atoms with Crippen molar-refractivity contribution >= 4 is 22.7 Å². The molecule has 0 saturated heterocycles. The van der Waals surface area contributed by atoms with E-state index >= 15 is 0 Å². The van der Waals surface area contributed by atoms with Crippen molar-refractivity contribution in [3.05, 3.63) is 42.5 Å². The number of ether oxygens (including phenoxy) is 1. The fraction of sp³-hybridized carbons (Fsp3) is 0.294. The van der Waals surface area contributed by atoms with Crippen LogP contribution in [0.15, 0.2) is 52.7 Å². The van der Waals surface area contributed by atoms with Crippen LogP contribution in [0.5, 0.6) is 5.75 Å². The minimum Gasteiger partial charge on any atom is -0.495 e. The number of methoxy groups -OCH3 is 1. The second-order valence-electron chi connectivity index (χ2n) is 4.81. The summed E-state index contributed by atoms with van der Waals surface area (Å²) < 4.78 is 5.17. The average molecular weight is 298 g/mol. The van der Waals surface area contributed by atoms with Gasteiger partial charge in [0.2, 0.25) is 0 Å². The van der Waals surface area contributed by atoms with E-state index < -0.39 is 0 Å². The first-order chi connectivity index (χ1) is 10.7. The quantitative estimate of drug-likeness (QED) is 0.629. The fourth-order valence-electron chi connectivity index (χ4n) is 2.20. The first-order valence-electron chi connectivity index (χ1n) is 7.38. The van der Waals surface area contributed by atoms with Gasteiger partial charge in [0.05, 0.1) is 24.2 Å². The molecule has 0 amide bonds. The van der Waals surface area contributed by atoms with Crippen molar-refractivity contribution in [3.8, 4) is 5.75 Å². The van der Waals surface area contributed by atoms with Crippen LogP contribution in [0, 0.1) is 0 Å². The Bertz CT molecular complexity index is 634. The SMILES string of the molecule is CCN(CC)c1ccc(N=Nc2ccc(N)c(OC)c2)cc1. The molecular formula is C17H22N4O. The molecule has 22 heavy (non-hydrogen) atoms. The lowest BCUT2D eigenvalue weighted by Crippen LogP contribution is -2.21. The molecule has 0 aromatic heterocycles. The smallest absolute Gasteiger partial charge is 0.143 e. The maximum absolute atomic E-state index is 5.78. The van der Waals surface area contributed by atoms with Crippen molar-refractivity contribution in [1.29, 1.82) is 0 Å². The zero-order valence-corrected chi connectivity index (χ0v) is 13.3. The van der Waals surface area contributed by atoms with Crippen LogP contribution in [-0.2, 0) is 0 Å². The van der Waals surface area contributed by atoms with Gasteiger partial charge in [-0.25, -0.2) is 0 Å². The minimum absolute atomic E-state index is 0.588. The van der Waals surface area contributed by atoms with Gasteiger partial charge < -0.3 is 15.4 Å². The molecule has 5 heteroatoms. The molecule has 0 bridgehead atoms. The predicted molar refractivity (Wildman–Crippen MR) is 91.6 cm³/mol. The van der Waals surface area contributed by atoms with Crippen molar-refractivity contribution in [2.24, 2.45) is 10.2 Å². The van der Waals surface area contributed by atoms with Crippen molar-refractivity contribution in [2.45, 2.75) is 13.8 Å². The molecule has 0 aliphatic carbocycles. The van der Waals surface area contributed by atoms with Gasteiger partial charge in [0.25, 0.3) is 0 Å². The Morgan fingerprint density at radius 2 is 1.55 bits per heavy atom. The van der Waals surface area contributed by atoms with Crippen molar-refractivity contribution in [2.75, 3.05) is 30.8 Å². The Morgan fingerprint density at radius 1 is 0.955 bits per heavy atom. The molecule has 5 nitrogen and oxygen atoms in total. The Balaban J connectivity index is 2.13. The molecule has 116 valence electrons. The number of nitrogens with zero attached hydrogens (tertiary/aromatic N) is 3. The summed E-state index contributed by atoms with van der Waals surface area (Å²) in [6, 6.07) is 13.4. The monoisotopic (exact) mass is 298 g/mol. The highest BCUT2D eigenvalue weighted by Gasteiger charge is 2.02. The van der Waals surface area contributed by atoms with Gasteiger partial charge >= 0.3 is 0 Å². The second kappa shape index (κ2) is 7.45. The molecule has 0 atom stereocenters. The van der Waals surface area contributed by atoms with E-state index in [4.69, 9.17) is 10.5 Å². The maximum atomic E-state index is 5.78. The Kier molecular flexibility index (Phi) is 5.36. The molecule has 2 aromatic carbocycles. The summed E-state index contributed by atoms with van der Waals surface area (Å²) >= 11 is 0. The number of nitrogen functional groups attached to an aromatic ring is 1. The lowest BCUT2D eigenvalue weighted by Gasteiger charge is -2.20. The van der Waals surface area contributed by atoms with Crippen LogP contribution in [-0.4, -0.2) is 20.2 Å². The number of nitrogens with two attached hydrogens (primary N) is 1. The normalized spacial score (nSPS) is 10.9. The Morgan fingerprint density at radius 3 is 2.14 bits per heavy atom. The first kappa shape index (κ1) is 15.8. The third-order valence-electron chi connectivity index (χ3n) is 3.48. The van der Waals surface area contributed by atoms with Crippen molar-refractivity contribution < 1.29 is 4.74 Å². The van der Waals surface area contributed by atoms with Gasteiger partial charge in [-0.05, 0) is 50.2 Å². The highest BCUT2D eigenvalue weighted by molar-refractivity contribution is 5.59. The maximum Gasteiger partial charge on any atom is 0.143 e. The lowest BCUT2D eigenvalue weighted by atomic mass is 10.2. The van der Waals surface area contributed by atoms with E-state index in [2.05, 4.69) is 41.1 Å². The molecule has 0 unspecified atom stereocenters. The van der Waals surface area contributed by atoms with E-state index in [9.17, 15) is 0 Å². The molecule has 0 fully saturated rings. The third-order valence-corrected chi connectivity index (χ3v) is 3.48. The average Bonchev–Trinajstić information content (AvgIpc) is 2.56. The Hall–Kier alpha value is -2.56. The molecule has 0 saturated carbocycles. The zero-order valence-electron chi connectivity index (χ0n) is 13.3. The van der Waals surface area contributed by atoms with E-state index in [1.165, 1.54) is 5.69 Å². The van der Waals surface area contributed by atoms with E-state index in [1.807, 2.05) is 18.2 Å². The summed E-state index contributed by atoms with van der Waals surface area (Å²) in [6.45, 7) is 6.27. The highest BCUT2D eigenvalue weighted by atomic mass is 16.5. The molecule has 0 aliphatic rings. The molecule has 2 N–H and O–H groups in total. The van der Waals surface area contributed by atoms with Crippen LogP contribution in [0.2, 0.25) is 0 Å². The molecule has 0 radical (unpaired) electrons. The van der Waals surface area contributed by atoms with Crippen LogP contribution in [0.3, 0.4) is 0 Å². The van der Waals surface area contributed by atoms with Crippen LogP contribution in [0.1, 0.15) is 13.8 Å². The second-order valence-corrected chi connectivity index (χ2v) is 4.81. The number of hydrogen-bond acceptors (Lipinski definition) is 5. The number of benzene rings is 2. The summed E-state index contributed by atoms with van der Waals surface area (Å²) in [7, 11) is 1.58. The lowest BCUT2D eigenvalue weighted by molar-refractivity contribution is 0.417. The van der Waals surface area contributed by atoms with E-state index in [-0.39, 0.29) is 0 Å². The van der Waals surface area contributed by atoms with Crippen LogP contribution < -0.4 is 15.4 Å². The predicted octanol–water partition coefficient (Wildman–Crippen LogP) is 4.54. The first-order valence-corrected chi connectivity index (χ1v) is 7.38. The summed E-state index contributed by atoms with van der Waals surface area (Å²) in [5, 5.41) is 8.46. The van der Waals surface area contributed by atoms with Gasteiger partial charge in [0.15, 0.2) is 0 Å². The Labute approximate surface area is 131 Å². The van der Waals surface area contributed by atoms with Crippen LogP contribution in [0.4, 0.5) is 22.7 Å². The van der Waals surface area contributed by atoms with E-state index in [0.717, 1.165) is 18.8 Å². The van der Waals surface area contributed by atoms with E-state index in [1.54, 1.807) is 19.2 Å². The van der Waals surface area contributed by atoms with E-state index in [0.29, 0.717) is 17.1 Å². The van der Waals surface area contributed by atoms with Gasteiger partial charge in [-0.1, -0.05) is 0 Å². The highest BCUT2D eigenvalue weighted by Crippen LogP contribution is 2.28. The van der Waals surface area contributed by atoms with Gasteiger partial charge in [0, 0.05) is 24.8 Å². The third kappa shape index (κ3) is 3.75. The van der Waals surface area contributed by atoms with Gasteiger partial charge in [0.1, 0.15) is 5.75 Å². The van der Waals surface area contributed by atoms with Crippen LogP contribution >= 0.6 is 0 Å².